The molecule has 0 aliphatic carbocycles. The number of rotatable bonds is 7. The van der Waals surface area contributed by atoms with Crippen molar-refractivity contribution in [2.45, 2.75) is 39.0 Å². The molecule has 1 aromatic carbocycles. The molecule has 3 heteroatoms. The molecule has 0 amide bonds. The SMILES string of the molecule is CCCc1cc(NCCC(C)c2ccccc2)ncn1. The summed E-state index contributed by atoms with van der Waals surface area (Å²) < 4.78 is 0. The van der Waals surface area contributed by atoms with Gasteiger partial charge in [0.05, 0.1) is 0 Å². The fourth-order valence-electron chi connectivity index (χ4n) is 2.25. The summed E-state index contributed by atoms with van der Waals surface area (Å²) in [6, 6.07) is 12.7. The normalized spacial score (nSPS) is 12.1. The van der Waals surface area contributed by atoms with Gasteiger partial charge in [-0.05, 0) is 24.3 Å². The summed E-state index contributed by atoms with van der Waals surface area (Å²) in [4.78, 5) is 8.54. The van der Waals surface area contributed by atoms with Crippen molar-refractivity contribution in [3.05, 3.63) is 54.0 Å². The van der Waals surface area contributed by atoms with Gasteiger partial charge in [0.25, 0.3) is 0 Å². The number of hydrogen-bond acceptors (Lipinski definition) is 3. The van der Waals surface area contributed by atoms with Gasteiger partial charge < -0.3 is 5.32 Å². The number of aromatic nitrogens is 2. The fourth-order valence-corrected chi connectivity index (χ4v) is 2.25. The maximum absolute atomic E-state index is 4.27. The third kappa shape index (κ3) is 4.34. The van der Waals surface area contributed by atoms with Gasteiger partial charge >= 0.3 is 0 Å². The van der Waals surface area contributed by atoms with Crippen LogP contribution < -0.4 is 5.32 Å². The largest absolute Gasteiger partial charge is 0.370 e. The molecule has 20 heavy (non-hydrogen) atoms. The Bertz CT molecular complexity index is 511. The molecule has 3 nitrogen and oxygen atoms in total. The Balaban J connectivity index is 1.82. The van der Waals surface area contributed by atoms with Gasteiger partial charge in [-0.25, -0.2) is 9.97 Å². The molecule has 1 unspecified atom stereocenters. The molecule has 106 valence electrons. The Morgan fingerprint density at radius 2 is 1.95 bits per heavy atom. The third-order valence-electron chi connectivity index (χ3n) is 3.48. The molecular formula is C17H23N3. The molecule has 0 fully saturated rings. The molecule has 0 spiro atoms. The van der Waals surface area contributed by atoms with Gasteiger partial charge in [-0.15, -0.1) is 0 Å². The van der Waals surface area contributed by atoms with Gasteiger partial charge in [-0.2, -0.15) is 0 Å². The first-order valence-electron chi connectivity index (χ1n) is 7.39. The monoisotopic (exact) mass is 269 g/mol. The second-order valence-electron chi connectivity index (χ2n) is 5.17. The molecular weight excluding hydrogens is 246 g/mol. The van der Waals surface area contributed by atoms with E-state index in [1.807, 2.05) is 0 Å². The lowest BCUT2D eigenvalue weighted by Crippen LogP contribution is -2.08. The van der Waals surface area contributed by atoms with E-state index in [1.165, 1.54) is 5.56 Å². The van der Waals surface area contributed by atoms with Crippen molar-refractivity contribution in [1.29, 1.82) is 0 Å². The number of hydrogen-bond donors (Lipinski definition) is 1. The second kappa shape index (κ2) is 7.63. The average Bonchev–Trinajstić information content (AvgIpc) is 2.49. The quantitative estimate of drug-likeness (QED) is 0.824. The van der Waals surface area contributed by atoms with Crippen LogP contribution in [0.5, 0.6) is 0 Å². The first-order valence-corrected chi connectivity index (χ1v) is 7.39. The summed E-state index contributed by atoms with van der Waals surface area (Å²) in [5.41, 5.74) is 2.50. The van der Waals surface area contributed by atoms with Crippen molar-refractivity contribution < 1.29 is 0 Å². The Morgan fingerprint density at radius 1 is 1.15 bits per heavy atom. The Labute approximate surface area is 121 Å². The van der Waals surface area contributed by atoms with Crippen LogP contribution in [0.25, 0.3) is 0 Å². The van der Waals surface area contributed by atoms with E-state index in [4.69, 9.17) is 0 Å². The molecule has 0 aliphatic heterocycles. The summed E-state index contributed by atoms with van der Waals surface area (Å²) in [7, 11) is 0. The third-order valence-corrected chi connectivity index (χ3v) is 3.48. The van der Waals surface area contributed by atoms with E-state index < -0.39 is 0 Å². The van der Waals surface area contributed by atoms with E-state index in [2.05, 4.69) is 65.5 Å². The smallest absolute Gasteiger partial charge is 0.129 e. The van der Waals surface area contributed by atoms with Crippen LogP contribution in [-0.4, -0.2) is 16.5 Å². The molecule has 1 atom stereocenters. The average molecular weight is 269 g/mol. The number of anilines is 1. The van der Waals surface area contributed by atoms with Gasteiger partial charge in [0.1, 0.15) is 12.1 Å². The lowest BCUT2D eigenvalue weighted by molar-refractivity contribution is 0.704. The first-order chi connectivity index (χ1) is 9.79. The highest BCUT2D eigenvalue weighted by Crippen LogP contribution is 2.18. The van der Waals surface area contributed by atoms with E-state index in [9.17, 15) is 0 Å². The Hall–Kier alpha value is -1.90. The minimum absolute atomic E-state index is 0.556. The Kier molecular flexibility index (Phi) is 5.54. The number of aryl methyl sites for hydroxylation is 1. The van der Waals surface area contributed by atoms with E-state index in [0.717, 1.165) is 37.3 Å². The number of nitrogens with one attached hydrogen (secondary N) is 1. The van der Waals surface area contributed by atoms with Crippen LogP contribution in [-0.2, 0) is 6.42 Å². The maximum atomic E-state index is 4.27. The van der Waals surface area contributed by atoms with Crippen LogP contribution in [0.15, 0.2) is 42.7 Å². The summed E-state index contributed by atoms with van der Waals surface area (Å²) in [6.45, 7) is 5.36. The minimum atomic E-state index is 0.556. The maximum Gasteiger partial charge on any atom is 0.129 e. The lowest BCUT2D eigenvalue weighted by Gasteiger charge is -2.12. The van der Waals surface area contributed by atoms with Crippen LogP contribution in [0.3, 0.4) is 0 Å². The van der Waals surface area contributed by atoms with Gasteiger partial charge in [-0.1, -0.05) is 50.6 Å². The second-order valence-corrected chi connectivity index (χ2v) is 5.17. The van der Waals surface area contributed by atoms with Gasteiger partial charge in [-0.3, -0.25) is 0 Å². The van der Waals surface area contributed by atoms with Crippen molar-refractivity contribution in [3.8, 4) is 0 Å². The van der Waals surface area contributed by atoms with Crippen LogP contribution in [0.4, 0.5) is 5.82 Å². The topological polar surface area (TPSA) is 37.8 Å². The minimum Gasteiger partial charge on any atom is -0.370 e. The molecule has 0 aliphatic rings. The van der Waals surface area contributed by atoms with E-state index in [0.29, 0.717) is 5.92 Å². The molecule has 1 N–H and O–H groups in total. The fraction of sp³-hybridized carbons (Fsp3) is 0.412. The summed E-state index contributed by atoms with van der Waals surface area (Å²) in [5.74, 6) is 1.49. The van der Waals surface area contributed by atoms with Crippen molar-refractivity contribution in [1.82, 2.24) is 9.97 Å². The Morgan fingerprint density at radius 3 is 2.70 bits per heavy atom. The van der Waals surface area contributed by atoms with E-state index in [1.54, 1.807) is 6.33 Å². The zero-order valence-electron chi connectivity index (χ0n) is 12.3. The molecule has 1 aromatic heterocycles. The van der Waals surface area contributed by atoms with Gasteiger partial charge in [0, 0.05) is 18.3 Å². The van der Waals surface area contributed by atoms with Crippen LogP contribution in [0.2, 0.25) is 0 Å². The molecule has 0 saturated heterocycles. The van der Waals surface area contributed by atoms with Crippen molar-refractivity contribution in [2.75, 3.05) is 11.9 Å². The number of nitrogens with zero attached hydrogens (tertiary/aromatic N) is 2. The van der Waals surface area contributed by atoms with Crippen molar-refractivity contribution in [2.24, 2.45) is 0 Å². The van der Waals surface area contributed by atoms with E-state index >= 15 is 0 Å². The standard InChI is InChI=1S/C17H23N3/c1-3-7-16-12-17(20-13-19-16)18-11-10-14(2)15-8-5-4-6-9-15/h4-6,8-9,12-14H,3,7,10-11H2,1-2H3,(H,18,19,20). The van der Waals surface area contributed by atoms with Crippen LogP contribution in [0, 0.1) is 0 Å². The molecule has 0 radical (unpaired) electrons. The molecule has 2 rings (SSSR count). The highest BCUT2D eigenvalue weighted by Gasteiger charge is 2.04. The van der Waals surface area contributed by atoms with Gasteiger partial charge in [0.15, 0.2) is 0 Å². The highest BCUT2D eigenvalue weighted by molar-refractivity contribution is 5.34. The first kappa shape index (κ1) is 14.5. The summed E-state index contributed by atoms with van der Waals surface area (Å²) in [5, 5.41) is 3.39. The van der Waals surface area contributed by atoms with Crippen molar-refractivity contribution >= 4 is 5.82 Å². The van der Waals surface area contributed by atoms with E-state index in [-0.39, 0.29) is 0 Å². The predicted octanol–water partition coefficient (Wildman–Crippen LogP) is 4.03. The lowest BCUT2D eigenvalue weighted by atomic mass is 9.98. The zero-order valence-corrected chi connectivity index (χ0v) is 12.3. The predicted molar refractivity (Wildman–Crippen MR) is 84.0 cm³/mol. The van der Waals surface area contributed by atoms with Crippen LogP contribution in [0.1, 0.15) is 43.9 Å². The van der Waals surface area contributed by atoms with Crippen LogP contribution >= 0.6 is 0 Å². The zero-order chi connectivity index (χ0) is 14.2. The molecule has 0 saturated carbocycles. The molecule has 1 heterocycles. The number of benzene rings is 1. The summed E-state index contributed by atoms with van der Waals surface area (Å²) >= 11 is 0. The molecule has 2 aromatic rings. The highest BCUT2D eigenvalue weighted by atomic mass is 15.0. The summed E-state index contributed by atoms with van der Waals surface area (Å²) in [6.07, 6.45) is 4.87. The van der Waals surface area contributed by atoms with Gasteiger partial charge in [0.2, 0.25) is 0 Å². The van der Waals surface area contributed by atoms with Crippen molar-refractivity contribution in [3.63, 3.8) is 0 Å². The molecule has 0 bridgehead atoms.